The van der Waals surface area contributed by atoms with E-state index >= 15 is 0 Å². The summed E-state index contributed by atoms with van der Waals surface area (Å²) < 4.78 is 7.42. The predicted molar refractivity (Wildman–Crippen MR) is 129 cm³/mol. The molecule has 3 aromatic heterocycles. The first kappa shape index (κ1) is 19.5. The third kappa shape index (κ3) is 3.91. The molecule has 1 aliphatic carbocycles. The zero-order valence-electron chi connectivity index (χ0n) is 18.3. The van der Waals surface area contributed by atoms with Crippen molar-refractivity contribution in [1.82, 2.24) is 19.9 Å². The Kier molecular flexibility index (Phi) is 4.76. The molecule has 0 bridgehead atoms. The van der Waals surface area contributed by atoms with Crippen molar-refractivity contribution in [2.45, 2.75) is 25.7 Å². The Hall–Kier alpha value is -4.19. The Balaban J connectivity index is 1.26. The number of aromatic nitrogens is 4. The van der Waals surface area contributed by atoms with Crippen LogP contribution in [-0.2, 0) is 0 Å². The SMILES string of the molecule is Cc1noc(-c2ccc(-c3ccc(C4CC4)cc3)cc2)c1Nc1cccc(-n2cccn2)n1. The van der Waals surface area contributed by atoms with E-state index in [4.69, 9.17) is 4.52 Å². The van der Waals surface area contributed by atoms with Gasteiger partial charge in [-0.3, -0.25) is 0 Å². The van der Waals surface area contributed by atoms with Crippen LogP contribution in [0, 0.1) is 6.92 Å². The molecule has 33 heavy (non-hydrogen) atoms. The minimum absolute atomic E-state index is 0.689. The van der Waals surface area contributed by atoms with Crippen molar-refractivity contribution in [3.63, 3.8) is 0 Å². The first-order valence-electron chi connectivity index (χ1n) is 11.2. The van der Waals surface area contributed by atoms with Crippen LogP contribution in [0.25, 0.3) is 28.3 Å². The number of anilines is 2. The molecule has 5 aromatic rings. The van der Waals surface area contributed by atoms with E-state index in [1.807, 2.05) is 37.4 Å². The van der Waals surface area contributed by atoms with Gasteiger partial charge in [-0.05, 0) is 60.6 Å². The van der Waals surface area contributed by atoms with Gasteiger partial charge in [0.15, 0.2) is 11.6 Å². The lowest BCUT2D eigenvalue weighted by Gasteiger charge is -2.09. The third-order valence-electron chi connectivity index (χ3n) is 6.03. The van der Waals surface area contributed by atoms with Crippen LogP contribution in [0.4, 0.5) is 11.5 Å². The maximum absolute atomic E-state index is 5.69. The van der Waals surface area contributed by atoms with E-state index in [2.05, 4.69) is 69.1 Å². The molecular weight excluding hydrogens is 410 g/mol. The molecular formula is C27H23N5O. The lowest BCUT2D eigenvalue weighted by molar-refractivity contribution is 0.427. The molecule has 6 heteroatoms. The van der Waals surface area contributed by atoms with Crippen LogP contribution >= 0.6 is 0 Å². The molecule has 0 aliphatic heterocycles. The molecule has 1 fully saturated rings. The summed E-state index contributed by atoms with van der Waals surface area (Å²) in [6.45, 7) is 1.92. The molecule has 0 saturated heterocycles. The molecule has 0 spiro atoms. The molecule has 1 N–H and O–H groups in total. The highest BCUT2D eigenvalue weighted by Gasteiger charge is 2.23. The van der Waals surface area contributed by atoms with E-state index in [1.54, 1.807) is 10.9 Å². The first-order chi connectivity index (χ1) is 16.2. The third-order valence-corrected chi connectivity index (χ3v) is 6.03. The van der Waals surface area contributed by atoms with Gasteiger partial charge in [0, 0.05) is 18.0 Å². The Morgan fingerprint density at radius 3 is 2.30 bits per heavy atom. The van der Waals surface area contributed by atoms with Crippen molar-refractivity contribution in [3.8, 4) is 28.3 Å². The number of aryl methyl sites for hydroxylation is 1. The van der Waals surface area contributed by atoms with Crippen LogP contribution in [0.5, 0.6) is 0 Å². The van der Waals surface area contributed by atoms with Crippen molar-refractivity contribution in [1.29, 1.82) is 0 Å². The van der Waals surface area contributed by atoms with Gasteiger partial charge in [-0.15, -0.1) is 0 Å². The van der Waals surface area contributed by atoms with E-state index in [9.17, 15) is 0 Å². The van der Waals surface area contributed by atoms with E-state index in [-0.39, 0.29) is 0 Å². The monoisotopic (exact) mass is 433 g/mol. The van der Waals surface area contributed by atoms with Crippen molar-refractivity contribution in [3.05, 3.63) is 96.4 Å². The van der Waals surface area contributed by atoms with Crippen molar-refractivity contribution in [2.24, 2.45) is 0 Å². The van der Waals surface area contributed by atoms with Crippen molar-refractivity contribution < 1.29 is 4.52 Å². The minimum Gasteiger partial charge on any atom is -0.354 e. The van der Waals surface area contributed by atoms with Gasteiger partial charge in [0.05, 0.1) is 0 Å². The van der Waals surface area contributed by atoms with Crippen LogP contribution in [-0.4, -0.2) is 19.9 Å². The standard InChI is InChI=1S/C27H23N5O/c1-18-26(30-24-4-2-5-25(29-24)32-17-3-16-28-32)27(33-31-18)23-14-12-22(13-15-23)21-10-8-20(9-11-21)19-6-7-19/h2-5,8-17,19H,6-7H2,1H3,(H,29,30). The van der Waals surface area contributed by atoms with Gasteiger partial charge in [0.2, 0.25) is 0 Å². The molecule has 0 atom stereocenters. The smallest absolute Gasteiger partial charge is 0.190 e. The van der Waals surface area contributed by atoms with Gasteiger partial charge < -0.3 is 9.84 Å². The van der Waals surface area contributed by atoms with E-state index in [0.717, 1.165) is 28.7 Å². The first-order valence-corrected chi connectivity index (χ1v) is 11.2. The lowest BCUT2D eigenvalue weighted by Crippen LogP contribution is -2.01. The van der Waals surface area contributed by atoms with Crippen LogP contribution in [0.2, 0.25) is 0 Å². The molecule has 0 radical (unpaired) electrons. The largest absolute Gasteiger partial charge is 0.354 e. The molecule has 0 unspecified atom stereocenters. The molecule has 162 valence electrons. The number of hydrogen-bond acceptors (Lipinski definition) is 5. The molecule has 3 heterocycles. The highest BCUT2D eigenvalue weighted by molar-refractivity contribution is 5.79. The average molecular weight is 434 g/mol. The van der Waals surface area contributed by atoms with Gasteiger partial charge in [0.1, 0.15) is 17.2 Å². The van der Waals surface area contributed by atoms with Gasteiger partial charge >= 0.3 is 0 Å². The summed E-state index contributed by atoms with van der Waals surface area (Å²) in [5, 5.41) is 11.8. The Morgan fingerprint density at radius 2 is 1.61 bits per heavy atom. The fourth-order valence-corrected chi connectivity index (χ4v) is 4.05. The lowest BCUT2D eigenvalue weighted by atomic mass is 10.0. The van der Waals surface area contributed by atoms with Crippen molar-refractivity contribution >= 4 is 11.5 Å². The maximum Gasteiger partial charge on any atom is 0.190 e. The highest BCUT2D eigenvalue weighted by atomic mass is 16.5. The fraction of sp³-hybridized carbons (Fsp3) is 0.148. The van der Waals surface area contributed by atoms with E-state index in [1.165, 1.54) is 29.5 Å². The molecule has 1 saturated carbocycles. The second-order valence-corrected chi connectivity index (χ2v) is 8.40. The summed E-state index contributed by atoms with van der Waals surface area (Å²) in [6.07, 6.45) is 6.24. The molecule has 1 aliphatic rings. The van der Waals surface area contributed by atoms with Gasteiger partial charge in [-0.2, -0.15) is 5.10 Å². The quantitative estimate of drug-likeness (QED) is 0.330. The summed E-state index contributed by atoms with van der Waals surface area (Å²) in [7, 11) is 0. The van der Waals surface area contributed by atoms with E-state index in [0.29, 0.717) is 11.6 Å². The molecule has 2 aromatic carbocycles. The zero-order valence-corrected chi connectivity index (χ0v) is 18.3. The average Bonchev–Trinajstić information content (AvgIpc) is 3.44. The normalized spacial score (nSPS) is 13.2. The summed E-state index contributed by atoms with van der Waals surface area (Å²) >= 11 is 0. The fourth-order valence-electron chi connectivity index (χ4n) is 4.05. The number of nitrogens with one attached hydrogen (secondary N) is 1. The van der Waals surface area contributed by atoms with Crippen LogP contribution < -0.4 is 5.32 Å². The van der Waals surface area contributed by atoms with Crippen molar-refractivity contribution in [2.75, 3.05) is 5.32 Å². The minimum atomic E-state index is 0.689. The Bertz CT molecular complexity index is 1380. The number of rotatable bonds is 6. The maximum atomic E-state index is 5.69. The number of hydrogen-bond donors (Lipinski definition) is 1. The summed E-state index contributed by atoms with van der Waals surface area (Å²) in [5.41, 5.74) is 6.39. The number of benzene rings is 2. The van der Waals surface area contributed by atoms with E-state index < -0.39 is 0 Å². The second-order valence-electron chi connectivity index (χ2n) is 8.40. The summed E-state index contributed by atoms with van der Waals surface area (Å²) in [5.74, 6) is 2.90. The van der Waals surface area contributed by atoms with Gasteiger partial charge in [0.25, 0.3) is 0 Å². The van der Waals surface area contributed by atoms with Crippen LogP contribution in [0.3, 0.4) is 0 Å². The Morgan fingerprint density at radius 1 is 0.879 bits per heavy atom. The summed E-state index contributed by atoms with van der Waals surface area (Å²) in [6, 6.07) is 25.0. The number of pyridine rings is 1. The topological polar surface area (TPSA) is 68.8 Å². The highest BCUT2D eigenvalue weighted by Crippen LogP contribution is 2.40. The number of nitrogens with zero attached hydrogens (tertiary/aromatic N) is 4. The molecule has 6 nitrogen and oxygen atoms in total. The van der Waals surface area contributed by atoms with Crippen LogP contribution in [0.15, 0.2) is 89.7 Å². The molecule has 0 amide bonds. The second kappa shape index (κ2) is 8.06. The van der Waals surface area contributed by atoms with Gasteiger partial charge in [-0.25, -0.2) is 9.67 Å². The zero-order chi connectivity index (χ0) is 22.2. The summed E-state index contributed by atoms with van der Waals surface area (Å²) in [4.78, 5) is 4.66. The predicted octanol–water partition coefficient (Wildman–Crippen LogP) is 6.52. The van der Waals surface area contributed by atoms with Gasteiger partial charge in [-0.1, -0.05) is 59.8 Å². The molecule has 6 rings (SSSR count). The van der Waals surface area contributed by atoms with Crippen LogP contribution in [0.1, 0.15) is 30.0 Å². The Labute approximate surface area is 191 Å².